The molecule has 1 aliphatic rings. The Morgan fingerprint density at radius 2 is 2.00 bits per heavy atom. The smallest absolute Gasteiger partial charge is 0.272 e. The number of hydrogen-bond donors (Lipinski definition) is 2. The van der Waals surface area contributed by atoms with Crippen LogP contribution in [0.4, 0.5) is 4.39 Å². The lowest BCUT2D eigenvalue weighted by molar-refractivity contribution is -0.119. The number of aromatic nitrogens is 2. The molecule has 0 radical (unpaired) electrons. The Morgan fingerprint density at radius 1 is 1.23 bits per heavy atom. The van der Waals surface area contributed by atoms with E-state index in [1.165, 1.54) is 29.1 Å². The van der Waals surface area contributed by atoms with Gasteiger partial charge in [-0.05, 0) is 50.3 Å². The number of halogens is 1. The molecule has 31 heavy (non-hydrogen) atoms. The molecule has 2 aromatic heterocycles. The molecule has 4 rings (SSSR count). The third-order valence-electron chi connectivity index (χ3n) is 5.12. The highest BCUT2D eigenvalue weighted by Crippen LogP contribution is 2.34. The molecule has 0 spiro atoms. The molecule has 2 N–H and O–H groups in total. The van der Waals surface area contributed by atoms with Gasteiger partial charge < -0.3 is 0 Å². The quantitative estimate of drug-likeness (QED) is 0.347. The molecule has 0 unspecified atom stereocenters. The normalized spacial score (nSPS) is 13.1. The van der Waals surface area contributed by atoms with Crippen LogP contribution >= 0.6 is 23.1 Å². The summed E-state index contributed by atoms with van der Waals surface area (Å²) in [5, 5.41) is 1.18. The number of benzene rings is 1. The zero-order chi connectivity index (χ0) is 22.0. The molecule has 0 atom stereocenters. The Hall–Kier alpha value is -2.72. The Bertz CT molecular complexity index is 1220. The highest BCUT2D eigenvalue weighted by Gasteiger charge is 2.22. The van der Waals surface area contributed by atoms with Crippen molar-refractivity contribution in [3.05, 3.63) is 56.4 Å². The lowest BCUT2D eigenvalue weighted by atomic mass is 9.97. The van der Waals surface area contributed by atoms with E-state index in [-0.39, 0.29) is 16.9 Å². The molecule has 0 aliphatic heterocycles. The van der Waals surface area contributed by atoms with Crippen molar-refractivity contribution in [3.8, 4) is 0 Å². The molecule has 162 valence electrons. The molecule has 1 aromatic carbocycles. The van der Waals surface area contributed by atoms with Gasteiger partial charge in [0.25, 0.3) is 11.5 Å². The predicted molar refractivity (Wildman–Crippen MR) is 119 cm³/mol. The summed E-state index contributed by atoms with van der Waals surface area (Å²) >= 11 is 2.69. The molecule has 2 heterocycles. The van der Waals surface area contributed by atoms with Crippen molar-refractivity contribution in [2.75, 3.05) is 5.75 Å². The standard InChI is InChI=1S/C21H21FN4O3S2/c1-2-26-20(29)17-13-8-4-6-10-15(13)31-19(17)23-21(26)30-11-16(27)24-25-18(28)12-7-3-5-9-14(12)22/h3,5,7,9H,2,4,6,8,10-11H2,1H3,(H,24,27)(H,25,28). The molecule has 1 aliphatic carbocycles. The van der Waals surface area contributed by atoms with Gasteiger partial charge in [0.05, 0.1) is 16.7 Å². The van der Waals surface area contributed by atoms with Crippen molar-refractivity contribution in [3.63, 3.8) is 0 Å². The van der Waals surface area contributed by atoms with E-state index in [4.69, 9.17) is 0 Å². The monoisotopic (exact) mass is 460 g/mol. The Kier molecular flexibility index (Phi) is 6.38. The maximum atomic E-state index is 13.7. The minimum atomic E-state index is -0.745. The van der Waals surface area contributed by atoms with Crippen molar-refractivity contribution in [2.24, 2.45) is 0 Å². The second-order valence-corrected chi connectivity index (χ2v) is 9.13. The fourth-order valence-corrected chi connectivity index (χ4v) is 5.78. The van der Waals surface area contributed by atoms with Crippen LogP contribution in [0.25, 0.3) is 10.2 Å². The number of rotatable bonds is 5. The average Bonchev–Trinajstić information content (AvgIpc) is 3.15. The van der Waals surface area contributed by atoms with Crippen molar-refractivity contribution in [1.29, 1.82) is 0 Å². The molecular formula is C21H21FN4O3S2. The summed E-state index contributed by atoms with van der Waals surface area (Å²) in [6, 6.07) is 5.50. The van der Waals surface area contributed by atoms with Gasteiger partial charge >= 0.3 is 0 Å². The Balaban J connectivity index is 1.46. The van der Waals surface area contributed by atoms with E-state index in [0.29, 0.717) is 17.1 Å². The van der Waals surface area contributed by atoms with E-state index in [2.05, 4.69) is 15.8 Å². The third-order valence-corrected chi connectivity index (χ3v) is 7.28. The summed E-state index contributed by atoms with van der Waals surface area (Å²) in [5.74, 6) is -1.96. The first kappa shape index (κ1) is 21.5. The number of thiophene rings is 1. The first-order valence-electron chi connectivity index (χ1n) is 10.0. The van der Waals surface area contributed by atoms with Crippen LogP contribution in [0, 0.1) is 5.82 Å². The first-order chi connectivity index (χ1) is 15.0. The van der Waals surface area contributed by atoms with E-state index in [1.54, 1.807) is 15.9 Å². The molecule has 0 saturated carbocycles. The van der Waals surface area contributed by atoms with Gasteiger partial charge in [-0.15, -0.1) is 11.3 Å². The number of aryl methyl sites for hydroxylation is 2. The summed E-state index contributed by atoms with van der Waals surface area (Å²) in [7, 11) is 0. The zero-order valence-corrected chi connectivity index (χ0v) is 18.5. The highest BCUT2D eigenvalue weighted by molar-refractivity contribution is 7.99. The fraction of sp³-hybridized carbons (Fsp3) is 0.333. The van der Waals surface area contributed by atoms with Crippen molar-refractivity contribution in [1.82, 2.24) is 20.4 Å². The maximum absolute atomic E-state index is 13.7. The number of nitrogens with one attached hydrogen (secondary N) is 2. The zero-order valence-electron chi connectivity index (χ0n) is 16.9. The van der Waals surface area contributed by atoms with Gasteiger partial charge in [0.1, 0.15) is 10.6 Å². The van der Waals surface area contributed by atoms with Crippen LogP contribution in [-0.4, -0.2) is 27.1 Å². The lowest BCUT2D eigenvalue weighted by Crippen LogP contribution is -2.42. The summed E-state index contributed by atoms with van der Waals surface area (Å²) in [6.07, 6.45) is 4.10. The predicted octanol–water partition coefficient (Wildman–Crippen LogP) is 3.05. The van der Waals surface area contributed by atoms with Crippen molar-refractivity contribution >= 4 is 45.1 Å². The van der Waals surface area contributed by atoms with Gasteiger partial charge in [-0.25, -0.2) is 9.37 Å². The number of hydrogen-bond acceptors (Lipinski definition) is 6. The van der Waals surface area contributed by atoms with Gasteiger partial charge in [-0.1, -0.05) is 23.9 Å². The molecule has 10 heteroatoms. The van der Waals surface area contributed by atoms with Crippen LogP contribution in [0.2, 0.25) is 0 Å². The summed E-state index contributed by atoms with van der Waals surface area (Å²) in [4.78, 5) is 43.9. The van der Waals surface area contributed by atoms with Crippen LogP contribution < -0.4 is 16.4 Å². The van der Waals surface area contributed by atoms with E-state index in [9.17, 15) is 18.8 Å². The second kappa shape index (κ2) is 9.19. The van der Waals surface area contributed by atoms with Gasteiger partial charge in [0, 0.05) is 11.4 Å². The summed E-state index contributed by atoms with van der Waals surface area (Å²) in [6.45, 7) is 2.31. The third kappa shape index (κ3) is 4.35. The molecule has 2 amide bonds. The lowest BCUT2D eigenvalue weighted by Gasteiger charge is -2.12. The number of carbonyl (C=O) groups is 2. The van der Waals surface area contributed by atoms with E-state index in [1.807, 2.05) is 6.92 Å². The van der Waals surface area contributed by atoms with Crippen molar-refractivity contribution < 1.29 is 14.0 Å². The molecule has 7 nitrogen and oxygen atoms in total. The van der Waals surface area contributed by atoms with E-state index in [0.717, 1.165) is 47.8 Å². The topological polar surface area (TPSA) is 93.1 Å². The van der Waals surface area contributed by atoms with E-state index < -0.39 is 17.6 Å². The molecule has 0 saturated heterocycles. The number of nitrogens with zero attached hydrogens (tertiary/aromatic N) is 2. The van der Waals surface area contributed by atoms with Crippen LogP contribution in [0.1, 0.15) is 40.6 Å². The van der Waals surface area contributed by atoms with Gasteiger partial charge in [0.2, 0.25) is 5.91 Å². The number of carbonyl (C=O) groups excluding carboxylic acids is 2. The van der Waals surface area contributed by atoms with Gasteiger partial charge in [-0.2, -0.15) is 0 Å². The van der Waals surface area contributed by atoms with Crippen LogP contribution in [0.15, 0.2) is 34.2 Å². The first-order valence-corrected chi connectivity index (χ1v) is 11.8. The molecule has 3 aromatic rings. The van der Waals surface area contributed by atoms with Gasteiger partial charge in [-0.3, -0.25) is 29.8 Å². The largest absolute Gasteiger partial charge is 0.287 e. The average molecular weight is 461 g/mol. The SMILES string of the molecule is CCn1c(SCC(=O)NNC(=O)c2ccccc2F)nc2sc3c(c2c1=O)CCCC3. The van der Waals surface area contributed by atoms with Crippen LogP contribution in [0.5, 0.6) is 0 Å². The summed E-state index contributed by atoms with van der Waals surface area (Å²) < 4.78 is 15.2. The molecular weight excluding hydrogens is 439 g/mol. The van der Waals surface area contributed by atoms with Crippen LogP contribution in [-0.2, 0) is 24.2 Å². The van der Waals surface area contributed by atoms with Crippen LogP contribution in [0.3, 0.4) is 0 Å². The fourth-order valence-electron chi connectivity index (χ4n) is 3.61. The van der Waals surface area contributed by atoms with Crippen molar-refractivity contribution in [2.45, 2.75) is 44.3 Å². The highest BCUT2D eigenvalue weighted by atomic mass is 32.2. The maximum Gasteiger partial charge on any atom is 0.272 e. The minimum absolute atomic E-state index is 0.0550. The summed E-state index contributed by atoms with van der Waals surface area (Å²) in [5.41, 5.74) is 5.37. The molecule has 0 bridgehead atoms. The Morgan fingerprint density at radius 3 is 2.77 bits per heavy atom. The van der Waals surface area contributed by atoms with Gasteiger partial charge in [0.15, 0.2) is 5.16 Å². The number of thioether (sulfide) groups is 1. The van der Waals surface area contributed by atoms with E-state index >= 15 is 0 Å². The number of amides is 2. The second-order valence-electron chi connectivity index (χ2n) is 7.11. The minimum Gasteiger partial charge on any atom is -0.287 e. The Labute approximate surface area is 186 Å². The molecule has 0 fully saturated rings. The number of hydrazine groups is 1. The number of fused-ring (bicyclic) bond motifs is 3.